The van der Waals surface area contributed by atoms with Crippen LogP contribution < -0.4 is 0 Å². The first-order chi connectivity index (χ1) is 13.0. The van der Waals surface area contributed by atoms with Crippen molar-refractivity contribution in [2.45, 2.75) is 39.5 Å². The van der Waals surface area contributed by atoms with Crippen molar-refractivity contribution in [3.05, 3.63) is 30.3 Å². The molecule has 0 heterocycles. The van der Waals surface area contributed by atoms with Gasteiger partial charge in [-0.05, 0) is 46.8 Å². The van der Waals surface area contributed by atoms with Gasteiger partial charge in [0.1, 0.15) is 3.96 Å². The molecule has 1 rings (SSSR count). The Morgan fingerprint density at radius 2 is 1.22 bits per heavy atom. The van der Waals surface area contributed by atoms with E-state index in [1.54, 1.807) is 13.8 Å². The van der Waals surface area contributed by atoms with Crippen LogP contribution in [0.15, 0.2) is 35.2 Å². The van der Waals surface area contributed by atoms with Gasteiger partial charge in [0.25, 0.3) is 7.57 Å². The Labute approximate surface area is 171 Å². The Bertz CT molecular complexity index is 608. The molecule has 0 saturated heterocycles. The van der Waals surface area contributed by atoms with Gasteiger partial charge < -0.3 is 22.6 Å². The lowest BCUT2D eigenvalue weighted by Gasteiger charge is -2.28. The predicted octanol–water partition coefficient (Wildman–Crippen LogP) is 6.65. The monoisotopic (exact) mass is 456 g/mol. The molecule has 0 spiro atoms. The number of thioether (sulfide) groups is 1. The largest absolute Gasteiger partial charge is 0.394 e. The highest BCUT2D eigenvalue weighted by Crippen LogP contribution is 2.69. The minimum Gasteiger partial charge on any atom is -0.316 e. The highest BCUT2D eigenvalue weighted by molar-refractivity contribution is 8.71. The first kappa shape index (κ1) is 25.3. The van der Waals surface area contributed by atoms with Crippen molar-refractivity contribution in [2.24, 2.45) is 0 Å². The summed E-state index contributed by atoms with van der Waals surface area (Å²) < 4.78 is 42.8. The fourth-order valence-corrected chi connectivity index (χ4v) is 12.1. The summed E-state index contributed by atoms with van der Waals surface area (Å²) in [5.41, 5.74) is 0. The summed E-state index contributed by atoms with van der Waals surface area (Å²) in [4.78, 5) is 0.961. The molecule has 0 aliphatic carbocycles. The van der Waals surface area contributed by atoms with E-state index < -0.39 is 14.4 Å². The predicted molar refractivity (Wildman–Crippen MR) is 118 cm³/mol. The highest BCUT2D eigenvalue weighted by atomic mass is 32.7. The fraction of sp³-hybridized carbons (Fsp3) is 0.588. The molecule has 156 valence electrons. The maximum Gasteiger partial charge on any atom is 0.394 e. The van der Waals surface area contributed by atoms with Crippen molar-refractivity contribution in [1.29, 1.82) is 0 Å². The van der Waals surface area contributed by atoms with E-state index in [2.05, 4.69) is 0 Å². The van der Waals surface area contributed by atoms with E-state index in [0.717, 1.165) is 16.3 Å². The molecule has 0 unspecified atom stereocenters. The molecule has 1 aromatic carbocycles. The molecule has 0 radical (unpaired) electrons. The lowest BCUT2D eigenvalue weighted by atomic mass is 10.4. The molecular formula is C17H30O6P2S2. The van der Waals surface area contributed by atoms with Crippen LogP contribution in [0.25, 0.3) is 0 Å². The van der Waals surface area contributed by atoms with Crippen molar-refractivity contribution < 1.29 is 27.2 Å². The molecular weight excluding hydrogens is 426 g/mol. The summed E-state index contributed by atoms with van der Waals surface area (Å²) in [6.45, 7) is 7.54. The van der Waals surface area contributed by atoms with Gasteiger partial charge in [-0.3, -0.25) is 0 Å². The van der Waals surface area contributed by atoms with Crippen molar-refractivity contribution in [2.75, 3.05) is 33.0 Å². The molecule has 0 saturated carbocycles. The van der Waals surface area contributed by atoms with Gasteiger partial charge in [0.05, 0.1) is 33.0 Å². The SMILES string of the molecule is CCOP(=O)(OCC)SC(Sc1ccccc1)=P(OCC)(OCC)OCC. The standard InChI is InChI=1S/C17H30O6P2S2/c1-6-19-24(20-7-2,21-8-3)17(26-16-14-12-11-13-15-16)27-25(18,22-9-4)23-10-5/h11-15H,6-10H2,1-5H3. The second-order valence-corrected chi connectivity index (χ2v) is 12.9. The van der Waals surface area contributed by atoms with Crippen LogP contribution in [-0.2, 0) is 27.2 Å². The van der Waals surface area contributed by atoms with Crippen LogP contribution in [0.3, 0.4) is 0 Å². The maximum absolute atomic E-state index is 13.2. The van der Waals surface area contributed by atoms with E-state index >= 15 is 0 Å². The van der Waals surface area contributed by atoms with Gasteiger partial charge in [-0.2, -0.15) is 0 Å². The number of hydrogen-bond acceptors (Lipinski definition) is 8. The third-order valence-electron chi connectivity index (χ3n) is 2.83. The highest BCUT2D eigenvalue weighted by Gasteiger charge is 2.36. The van der Waals surface area contributed by atoms with E-state index in [1.165, 1.54) is 11.8 Å². The molecule has 0 aliphatic rings. The van der Waals surface area contributed by atoms with E-state index in [9.17, 15) is 4.57 Å². The number of benzene rings is 1. The zero-order valence-corrected chi connectivity index (χ0v) is 20.0. The van der Waals surface area contributed by atoms with Crippen LogP contribution in [0.2, 0.25) is 0 Å². The van der Waals surface area contributed by atoms with Gasteiger partial charge in [-0.1, -0.05) is 30.0 Å². The van der Waals surface area contributed by atoms with Crippen LogP contribution in [-0.4, -0.2) is 37.0 Å². The van der Waals surface area contributed by atoms with Gasteiger partial charge >= 0.3 is 6.80 Å². The molecule has 27 heavy (non-hydrogen) atoms. The third kappa shape index (κ3) is 8.25. The molecule has 0 fully saturated rings. The minimum atomic E-state index is -3.43. The Balaban J connectivity index is 3.49. The summed E-state index contributed by atoms with van der Waals surface area (Å²) in [7, 11) is -2.91. The summed E-state index contributed by atoms with van der Waals surface area (Å²) in [5.74, 6) is 0. The Kier molecular flexibility index (Phi) is 12.6. The topological polar surface area (TPSA) is 63.2 Å². The molecule has 1 aromatic rings. The minimum absolute atomic E-state index is 0.275. The van der Waals surface area contributed by atoms with Crippen molar-refractivity contribution in [1.82, 2.24) is 0 Å². The molecule has 0 N–H and O–H groups in total. The zero-order chi connectivity index (χ0) is 20.2. The fourth-order valence-electron chi connectivity index (χ4n) is 2.00. The van der Waals surface area contributed by atoms with Crippen LogP contribution in [0.5, 0.6) is 0 Å². The zero-order valence-electron chi connectivity index (χ0n) is 16.6. The average molecular weight is 457 g/mol. The molecule has 0 bridgehead atoms. The second kappa shape index (κ2) is 13.5. The van der Waals surface area contributed by atoms with Gasteiger partial charge in [0, 0.05) is 16.3 Å². The van der Waals surface area contributed by atoms with E-state index in [4.69, 9.17) is 22.6 Å². The summed E-state index contributed by atoms with van der Waals surface area (Å²) in [6.07, 6.45) is 0. The Morgan fingerprint density at radius 3 is 1.63 bits per heavy atom. The molecule has 10 heteroatoms. The van der Waals surface area contributed by atoms with Crippen molar-refractivity contribution >= 4 is 41.5 Å². The number of hydrogen-bond donors (Lipinski definition) is 0. The van der Waals surface area contributed by atoms with E-state index in [-0.39, 0.29) is 13.2 Å². The van der Waals surface area contributed by atoms with Crippen LogP contribution in [0, 0.1) is 0 Å². The molecule has 0 amide bonds. The molecule has 0 aliphatic heterocycles. The smallest absolute Gasteiger partial charge is 0.316 e. The summed E-state index contributed by atoms with van der Waals surface area (Å²) in [6, 6.07) is 9.76. The summed E-state index contributed by atoms with van der Waals surface area (Å²) >= 11 is 2.44. The first-order valence-corrected chi connectivity index (χ1v) is 14.3. The Hall–Kier alpha value is 0.250. The molecule has 0 aromatic heterocycles. The van der Waals surface area contributed by atoms with Crippen LogP contribution in [0.1, 0.15) is 34.6 Å². The van der Waals surface area contributed by atoms with Crippen LogP contribution in [0.4, 0.5) is 0 Å². The van der Waals surface area contributed by atoms with Gasteiger partial charge in [0.2, 0.25) is 0 Å². The lowest BCUT2D eigenvalue weighted by molar-refractivity contribution is 0.171. The maximum atomic E-state index is 13.2. The summed E-state index contributed by atoms with van der Waals surface area (Å²) in [5, 5.41) is 0. The van der Waals surface area contributed by atoms with Crippen molar-refractivity contribution in [3.8, 4) is 0 Å². The quantitative estimate of drug-likeness (QED) is 0.228. The average Bonchev–Trinajstić information content (AvgIpc) is 2.63. The van der Waals surface area contributed by atoms with Gasteiger partial charge in [-0.15, -0.1) is 0 Å². The van der Waals surface area contributed by atoms with Gasteiger partial charge in [-0.25, -0.2) is 4.57 Å². The van der Waals surface area contributed by atoms with Gasteiger partial charge in [0.15, 0.2) is 0 Å². The lowest BCUT2D eigenvalue weighted by Crippen LogP contribution is -2.08. The molecule has 0 atom stereocenters. The first-order valence-electron chi connectivity index (χ1n) is 9.00. The normalized spacial score (nSPS) is 12.3. The second-order valence-electron chi connectivity index (χ2n) is 4.81. The van der Waals surface area contributed by atoms with E-state index in [0.29, 0.717) is 23.8 Å². The van der Waals surface area contributed by atoms with Crippen molar-refractivity contribution in [3.63, 3.8) is 0 Å². The molecule has 6 nitrogen and oxygen atoms in total. The third-order valence-corrected chi connectivity index (χ3v) is 12.3. The number of rotatable bonds is 14. The Morgan fingerprint density at radius 1 is 0.778 bits per heavy atom. The van der Waals surface area contributed by atoms with Crippen LogP contribution >= 0.6 is 37.5 Å². The van der Waals surface area contributed by atoms with E-state index in [1.807, 2.05) is 51.1 Å².